The van der Waals surface area contributed by atoms with Crippen molar-refractivity contribution in [3.8, 4) is 0 Å². The van der Waals surface area contributed by atoms with Gasteiger partial charge in [-0.2, -0.15) is 13.2 Å². The SMILES string of the molecule is CCCCCCC(=O)C(CCCC)C(F)(F)F. The number of hydrogen-bond acceptors (Lipinski definition) is 1. The number of rotatable bonds is 9. The van der Waals surface area contributed by atoms with Crippen LogP contribution in [0.5, 0.6) is 0 Å². The number of ketones is 1. The molecule has 4 heteroatoms. The van der Waals surface area contributed by atoms with Gasteiger partial charge in [0.15, 0.2) is 0 Å². The maximum Gasteiger partial charge on any atom is 0.398 e. The molecule has 17 heavy (non-hydrogen) atoms. The molecule has 0 aliphatic heterocycles. The Labute approximate surface area is 102 Å². The highest BCUT2D eigenvalue weighted by Gasteiger charge is 2.43. The summed E-state index contributed by atoms with van der Waals surface area (Å²) in [6.45, 7) is 3.86. The van der Waals surface area contributed by atoms with Crippen LogP contribution in [-0.2, 0) is 4.79 Å². The van der Waals surface area contributed by atoms with E-state index in [9.17, 15) is 18.0 Å². The van der Waals surface area contributed by atoms with Gasteiger partial charge in [0, 0.05) is 6.42 Å². The molecule has 0 rings (SSSR count). The zero-order chi connectivity index (χ0) is 13.3. The first-order valence-corrected chi connectivity index (χ1v) is 6.52. The van der Waals surface area contributed by atoms with Crippen molar-refractivity contribution in [2.45, 2.75) is 71.4 Å². The lowest BCUT2D eigenvalue weighted by Gasteiger charge is -2.18. The molecule has 0 aromatic heterocycles. The number of Topliss-reactive ketones (excluding diaryl/α,β-unsaturated/α-hetero) is 1. The van der Waals surface area contributed by atoms with E-state index >= 15 is 0 Å². The molecule has 0 aromatic carbocycles. The third-order valence-electron chi connectivity index (χ3n) is 2.91. The predicted octanol–water partition coefficient (Wildman–Crippen LogP) is 4.89. The summed E-state index contributed by atoms with van der Waals surface area (Å²) >= 11 is 0. The average Bonchev–Trinajstić information content (AvgIpc) is 2.23. The summed E-state index contributed by atoms with van der Waals surface area (Å²) in [4.78, 5) is 11.5. The van der Waals surface area contributed by atoms with Gasteiger partial charge in [-0.05, 0) is 12.8 Å². The lowest BCUT2D eigenvalue weighted by Crippen LogP contribution is -2.30. The van der Waals surface area contributed by atoms with Crippen molar-refractivity contribution >= 4 is 5.78 Å². The van der Waals surface area contributed by atoms with E-state index in [1.807, 2.05) is 13.8 Å². The normalized spacial score (nSPS) is 13.7. The molecular formula is C13H23F3O. The van der Waals surface area contributed by atoms with E-state index in [0.29, 0.717) is 19.3 Å². The summed E-state index contributed by atoms with van der Waals surface area (Å²) in [5.74, 6) is -2.36. The lowest BCUT2D eigenvalue weighted by atomic mass is 9.93. The fourth-order valence-electron chi connectivity index (χ4n) is 1.82. The predicted molar refractivity (Wildman–Crippen MR) is 62.8 cm³/mol. The summed E-state index contributed by atoms with van der Waals surface area (Å²) in [6, 6.07) is 0. The molecule has 0 aliphatic carbocycles. The number of alkyl halides is 3. The molecule has 0 saturated heterocycles. The Balaban J connectivity index is 4.14. The largest absolute Gasteiger partial charge is 0.398 e. The van der Waals surface area contributed by atoms with Gasteiger partial charge in [0.25, 0.3) is 0 Å². The molecule has 0 bridgehead atoms. The molecule has 0 saturated carbocycles. The van der Waals surface area contributed by atoms with Crippen LogP contribution < -0.4 is 0 Å². The average molecular weight is 252 g/mol. The lowest BCUT2D eigenvalue weighted by molar-refractivity contribution is -0.183. The van der Waals surface area contributed by atoms with Crippen molar-refractivity contribution in [2.75, 3.05) is 0 Å². The van der Waals surface area contributed by atoms with Gasteiger partial charge in [0.05, 0.1) is 0 Å². The molecule has 1 nitrogen and oxygen atoms in total. The molecule has 0 spiro atoms. The third kappa shape index (κ3) is 7.40. The van der Waals surface area contributed by atoms with Crippen LogP contribution in [0.4, 0.5) is 13.2 Å². The van der Waals surface area contributed by atoms with Crippen molar-refractivity contribution in [2.24, 2.45) is 5.92 Å². The van der Waals surface area contributed by atoms with Crippen molar-refractivity contribution in [1.29, 1.82) is 0 Å². The number of hydrogen-bond donors (Lipinski definition) is 0. The number of halogens is 3. The van der Waals surface area contributed by atoms with E-state index in [1.54, 1.807) is 0 Å². The number of unbranched alkanes of at least 4 members (excludes halogenated alkanes) is 4. The van der Waals surface area contributed by atoms with Crippen LogP contribution in [0.25, 0.3) is 0 Å². The summed E-state index contributed by atoms with van der Waals surface area (Å²) in [5, 5.41) is 0. The van der Waals surface area contributed by atoms with Crippen molar-refractivity contribution in [3.05, 3.63) is 0 Å². The van der Waals surface area contributed by atoms with Crippen LogP contribution in [0, 0.1) is 5.92 Å². The standard InChI is InChI=1S/C13H23F3O/c1-3-5-7-8-10-12(17)11(9-6-4-2)13(14,15)16/h11H,3-10H2,1-2H3. The van der Waals surface area contributed by atoms with Crippen molar-refractivity contribution < 1.29 is 18.0 Å². The molecule has 0 radical (unpaired) electrons. The molecule has 1 unspecified atom stereocenters. The van der Waals surface area contributed by atoms with Crippen LogP contribution in [0.3, 0.4) is 0 Å². The molecule has 0 aliphatic rings. The van der Waals surface area contributed by atoms with Crippen molar-refractivity contribution in [1.82, 2.24) is 0 Å². The topological polar surface area (TPSA) is 17.1 Å². The minimum absolute atomic E-state index is 0.0490. The van der Waals surface area contributed by atoms with Gasteiger partial charge in [-0.15, -0.1) is 0 Å². The highest BCUT2D eigenvalue weighted by molar-refractivity contribution is 5.81. The summed E-state index contributed by atoms with van der Waals surface area (Å²) in [6.07, 6.45) is 0.260. The zero-order valence-electron chi connectivity index (χ0n) is 10.8. The Morgan fingerprint density at radius 3 is 2.06 bits per heavy atom. The van der Waals surface area contributed by atoms with Gasteiger partial charge in [-0.1, -0.05) is 46.0 Å². The molecule has 0 N–H and O–H groups in total. The summed E-state index contributed by atoms with van der Waals surface area (Å²) in [7, 11) is 0. The van der Waals surface area contributed by atoms with Crippen LogP contribution in [0.15, 0.2) is 0 Å². The van der Waals surface area contributed by atoms with E-state index in [-0.39, 0.29) is 12.8 Å². The Hall–Kier alpha value is -0.540. The van der Waals surface area contributed by atoms with E-state index in [2.05, 4.69) is 0 Å². The Morgan fingerprint density at radius 2 is 1.59 bits per heavy atom. The third-order valence-corrected chi connectivity index (χ3v) is 2.91. The summed E-state index contributed by atoms with van der Waals surface area (Å²) < 4.78 is 37.9. The van der Waals surface area contributed by atoms with E-state index in [1.165, 1.54) is 0 Å². The smallest absolute Gasteiger partial charge is 0.299 e. The quantitative estimate of drug-likeness (QED) is 0.534. The van der Waals surface area contributed by atoms with E-state index < -0.39 is 17.9 Å². The maximum absolute atomic E-state index is 12.6. The van der Waals surface area contributed by atoms with E-state index in [4.69, 9.17) is 0 Å². The van der Waals surface area contributed by atoms with Gasteiger partial charge in [0.1, 0.15) is 11.7 Å². The molecular weight excluding hydrogens is 229 g/mol. The number of carbonyl (C=O) groups excluding carboxylic acids is 1. The van der Waals surface area contributed by atoms with Gasteiger partial charge in [0.2, 0.25) is 0 Å². The van der Waals surface area contributed by atoms with Gasteiger partial charge < -0.3 is 0 Å². The van der Waals surface area contributed by atoms with Crippen LogP contribution in [-0.4, -0.2) is 12.0 Å². The van der Waals surface area contributed by atoms with Crippen LogP contribution in [0.2, 0.25) is 0 Å². The second-order valence-corrected chi connectivity index (χ2v) is 4.51. The minimum Gasteiger partial charge on any atom is -0.299 e. The first kappa shape index (κ1) is 16.5. The second kappa shape index (κ2) is 8.54. The zero-order valence-corrected chi connectivity index (χ0v) is 10.8. The Bertz CT molecular complexity index is 211. The Kier molecular flexibility index (Phi) is 8.26. The summed E-state index contributed by atoms with van der Waals surface area (Å²) in [5.41, 5.74) is 0. The highest BCUT2D eigenvalue weighted by Crippen LogP contribution is 2.32. The fourth-order valence-corrected chi connectivity index (χ4v) is 1.82. The molecule has 0 fully saturated rings. The van der Waals surface area contributed by atoms with Gasteiger partial charge in [-0.25, -0.2) is 0 Å². The highest BCUT2D eigenvalue weighted by atomic mass is 19.4. The molecule has 0 aromatic rings. The first-order valence-electron chi connectivity index (χ1n) is 6.52. The fraction of sp³-hybridized carbons (Fsp3) is 0.923. The van der Waals surface area contributed by atoms with Crippen LogP contribution >= 0.6 is 0 Å². The second-order valence-electron chi connectivity index (χ2n) is 4.51. The monoisotopic (exact) mass is 252 g/mol. The molecule has 1 atom stereocenters. The molecule has 0 amide bonds. The minimum atomic E-state index is -4.36. The molecule has 102 valence electrons. The van der Waals surface area contributed by atoms with E-state index in [0.717, 1.165) is 19.3 Å². The number of carbonyl (C=O) groups is 1. The first-order chi connectivity index (χ1) is 7.93. The molecule has 0 heterocycles. The van der Waals surface area contributed by atoms with Gasteiger partial charge >= 0.3 is 6.18 Å². The maximum atomic E-state index is 12.6. The van der Waals surface area contributed by atoms with Crippen LogP contribution in [0.1, 0.15) is 65.2 Å². The Morgan fingerprint density at radius 1 is 1.00 bits per heavy atom. The van der Waals surface area contributed by atoms with Gasteiger partial charge in [-0.3, -0.25) is 4.79 Å². The van der Waals surface area contributed by atoms with Crippen molar-refractivity contribution in [3.63, 3.8) is 0 Å².